The number of fused-ring (bicyclic) bond motifs is 1. The molecule has 1 amide bonds. The molecule has 0 saturated heterocycles. The molecule has 5 nitrogen and oxygen atoms in total. The summed E-state index contributed by atoms with van der Waals surface area (Å²) in [5.74, 6) is 0.827. The van der Waals surface area contributed by atoms with Gasteiger partial charge >= 0.3 is 0 Å². The number of hydrogen-bond acceptors (Lipinski definition) is 2. The molecule has 1 heterocycles. The largest absolute Gasteiger partial charge is 0.356 e. The number of amides is 1. The van der Waals surface area contributed by atoms with Crippen molar-refractivity contribution in [1.29, 1.82) is 0 Å². The van der Waals surface area contributed by atoms with E-state index >= 15 is 0 Å². The topological polar surface area (TPSA) is 65.5 Å². The number of benzene rings is 2. The Morgan fingerprint density at radius 1 is 1.18 bits per heavy atom. The maximum atomic E-state index is 13.9. The number of rotatable bonds is 4. The lowest BCUT2D eigenvalue weighted by Crippen LogP contribution is -2.42. The van der Waals surface area contributed by atoms with E-state index in [1.165, 1.54) is 6.07 Å². The van der Waals surface area contributed by atoms with Crippen LogP contribution in [0.1, 0.15) is 35.8 Å². The molecule has 0 spiro atoms. The Labute approximate surface area is 181 Å². The van der Waals surface area contributed by atoms with Gasteiger partial charge in [-0.25, -0.2) is 4.39 Å². The first-order chi connectivity index (χ1) is 13.2. The first kappa shape index (κ1) is 20.6. The molecule has 28 heavy (non-hydrogen) atoms. The number of nitrogens with one attached hydrogen (secondary N) is 3. The molecule has 148 valence electrons. The Hall–Kier alpha value is -2.16. The second kappa shape index (κ2) is 8.89. The first-order valence-electron chi connectivity index (χ1n) is 9.26. The summed E-state index contributed by atoms with van der Waals surface area (Å²) in [6, 6.07) is 15.0. The van der Waals surface area contributed by atoms with Crippen LogP contribution in [0.4, 0.5) is 10.1 Å². The summed E-state index contributed by atoms with van der Waals surface area (Å²) >= 11 is 0. The van der Waals surface area contributed by atoms with Crippen LogP contribution in [0.3, 0.4) is 0 Å². The van der Waals surface area contributed by atoms with E-state index in [2.05, 4.69) is 20.9 Å². The number of hydrogen-bond donors (Lipinski definition) is 3. The van der Waals surface area contributed by atoms with Crippen LogP contribution >= 0.6 is 24.0 Å². The molecule has 2 aromatic rings. The number of aliphatic imine (C=N–C) groups is 1. The van der Waals surface area contributed by atoms with Gasteiger partial charge in [-0.3, -0.25) is 9.79 Å². The van der Waals surface area contributed by atoms with Crippen molar-refractivity contribution in [1.82, 2.24) is 10.6 Å². The number of carbonyl (C=O) groups excluding carboxylic acids is 1. The fourth-order valence-corrected chi connectivity index (χ4v) is 3.75. The number of carbonyl (C=O) groups is 1. The number of guanidine groups is 1. The SMILES string of the molecule is CN=C(NCC1CC(=O)Nc2ccccc21)NC1CC1c1ccccc1F.I. The van der Waals surface area contributed by atoms with Gasteiger partial charge in [-0.2, -0.15) is 0 Å². The second-order valence-electron chi connectivity index (χ2n) is 7.10. The van der Waals surface area contributed by atoms with Crippen molar-refractivity contribution >= 4 is 41.5 Å². The van der Waals surface area contributed by atoms with Crippen LogP contribution in [0, 0.1) is 5.82 Å². The molecule has 1 fully saturated rings. The minimum Gasteiger partial charge on any atom is -0.356 e. The molecule has 0 bridgehead atoms. The van der Waals surface area contributed by atoms with Crippen LogP contribution < -0.4 is 16.0 Å². The molecule has 2 aliphatic rings. The Morgan fingerprint density at radius 2 is 1.89 bits per heavy atom. The zero-order chi connectivity index (χ0) is 18.8. The molecule has 7 heteroatoms. The molecule has 0 radical (unpaired) electrons. The number of para-hydroxylation sites is 1. The minimum atomic E-state index is -0.153. The minimum absolute atomic E-state index is 0. The van der Waals surface area contributed by atoms with E-state index in [0.29, 0.717) is 18.9 Å². The third-order valence-corrected chi connectivity index (χ3v) is 5.26. The van der Waals surface area contributed by atoms with E-state index < -0.39 is 0 Å². The summed E-state index contributed by atoms with van der Waals surface area (Å²) in [7, 11) is 1.72. The summed E-state index contributed by atoms with van der Waals surface area (Å²) in [6.45, 7) is 0.612. The molecule has 1 aliphatic heterocycles. The zero-order valence-corrected chi connectivity index (χ0v) is 17.9. The van der Waals surface area contributed by atoms with Gasteiger partial charge in [0, 0.05) is 43.6 Å². The Kier molecular flexibility index (Phi) is 6.53. The highest BCUT2D eigenvalue weighted by atomic mass is 127. The summed E-state index contributed by atoms with van der Waals surface area (Å²) in [5, 5.41) is 9.60. The monoisotopic (exact) mass is 494 g/mol. The standard InChI is InChI=1S/C21H23FN4O.HI/c1-23-21(26-19-11-16(19)15-7-2-4-8-17(15)22)24-12-13-10-20(27)25-18-9-5-3-6-14(13)18;/h2-9,13,16,19H,10-12H2,1H3,(H,25,27)(H2,23,24,26);1H. The maximum Gasteiger partial charge on any atom is 0.225 e. The molecule has 0 aromatic heterocycles. The van der Waals surface area contributed by atoms with Gasteiger partial charge in [-0.1, -0.05) is 36.4 Å². The fraction of sp³-hybridized carbons (Fsp3) is 0.333. The number of halogens is 2. The predicted molar refractivity (Wildman–Crippen MR) is 120 cm³/mol. The van der Waals surface area contributed by atoms with E-state index in [0.717, 1.165) is 23.2 Å². The first-order valence-corrected chi connectivity index (χ1v) is 9.26. The van der Waals surface area contributed by atoms with Crippen molar-refractivity contribution in [2.45, 2.75) is 30.7 Å². The number of anilines is 1. The summed E-state index contributed by atoms with van der Waals surface area (Å²) in [6.07, 6.45) is 1.33. The van der Waals surface area contributed by atoms with E-state index in [1.54, 1.807) is 13.1 Å². The average molecular weight is 494 g/mol. The highest BCUT2D eigenvalue weighted by Gasteiger charge is 2.40. The third-order valence-electron chi connectivity index (χ3n) is 5.26. The lowest BCUT2D eigenvalue weighted by Gasteiger charge is -2.26. The smallest absolute Gasteiger partial charge is 0.225 e. The van der Waals surface area contributed by atoms with E-state index in [9.17, 15) is 9.18 Å². The second-order valence-corrected chi connectivity index (χ2v) is 7.10. The van der Waals surface area contributed by atoms with Crippen LogP contribution in [0.25, 0.3) is 0 Å². The predicted octanol–water partition coefficient (Wildman–Crippen LogP) is 3.59. The molecular formula is C21H24FIN4O. The quantitative estimate of drug-likeness (QED) is 0.346. The van der Waals surface area contributed by atoms with Crippen molar-refractivity contribution in [3.05, 3.63) is 65.5 Å². The Morgan fingerprint density at radius 3 is 2.64 bits per heavy atom. The van der Waals surface area contributed by atoms with Gasteiger partial charge in [-0.15, -0.1) is 24.0 Å². The normalized spacial score (nSPS) is 23.1. The van der Waals surface area contributed by atoms with Crippen LogP contribution in [0.2, 0.25) is 0 Å². The molecule has 3 unspecified atom stereocenters. The number of nitrogens with zero attached hydrogens (tertiary/aromatic N) is 1. The molecule has 3 atom stereocenters. The van der Waals surface area contributed by atoms with E-state index in [4.69, 9.17) is 0 Å². The molecule has 1 saturated carbocycles. The van der Waals surface area contributed by atoms with Crippen LogP contribution in [0.5, 0.6) is 0 Å². The summed E-state index contributed by atoms with van der Waals surface area (Å²) in [5.41, 5.74) is 2.77. The Bertz CT molecular complexity index is 888. The molecular weight excluding hydrogens is 470 g/mol. The van der Waals surface area contributed by atoms with E-state index in [1.807, 2.05) is 36.4 Å². The zero-order valence-electron chi connectivity index (χ0n) is 15.6. The molecule has 2 aromatic carbocycles. The van der Waals surface area contributed by atoms with Crippen molar-refractivity contribution in [3.63, 3.8) is 0 Å². The lowest BCUT2D eigenvalue weighted by molar-refractivity contribution is -0.116. The molecule has 4 rings (SSSR count). The highest BCUT2D eigenvalue weighted by Crippen LogP contribution is 2.41. The van der Waals surface area contributed by atoms with Gasteiger partial charge in [0.15, 0.2) is 5.96 Å². The van der Waals surface area contributed by atoms with Gasteiger partial charge < -0.3 is 16.0 Å². The van der Waals surface area contributed by atoms with Crippen LogP contribution in [0.15, 0.2) is 53.5 Å². The average Bonchev–Trinajstić information content (AvgIpc) is 3.44. The van der Waals surface area contributed by atoms with Crippen LogP contribution in [-0.4, -0.2) is 31.5 Å². The van der Waals surface area contributed by atoms with Gasteiger partial charge in [-0.05, 0) is 29.7 Å². The third kappa shape index (κ3) is 4.45. The van der Waals surface area contributed by atoms with Crippen molar-refractivity contribution in [2.24, 2.45) is 4.99 Å². The van der Waals surface area contributed by atoms with Crippen molar-refractivity contribution in [2.75, 3.05) is 18.9 Å². The molecule has 3 N–H and O–H groups in total. The summed E-state index contributed by atoms with van der Waals surface area (Å²) in [4.78, 5) is 16.2. The van der Waals surface area contributed by atoms with Crippen molar-refractivity contribution < 1.29 is 9.18 Å². The van der Waals surface area contributed by atoms with E-state index in [-0.39, 0.29) is 53.6 Å². The summed E-state index contributed by atoms with van der Waals surface area (Å²) < 4.78 is 13.9. The Balaban J connectivity index is 0.00000225. The van der Waals surface area contributed by atoms with Crippen molar-refractivity contribution in [3.8, 4) is 0 Å². The highest BCUT2D eigenvalue weighted by molar-refractivity contribution is 14.0. The van der Waals surface area contributed by atoms with Gasteiger partial charge in [0.25, 0.3) is 0 Å². The maximum absolute atomic E-state index is 13.9. The van der Waals surface area contributed by atoms with Crippen LogP contribution in [-0.2, 0) is 4.79 Å². The molecule has 1 aliphatic carbocycles. The fourth-order valence-electron chi connectivity index (χ4n) is 3.75. The van der Waals surface area contributed by atoms with Gasteiger partial charge in [0.05, 0.1) is 0 Å². The van der Waals surface area contributed by atoms with Gasteiger partial charge in [0.1, 0.15) is 5.82 Å². The lowest BCUT2D eigenvalue weighted by atomic mass is 9.90. The van der Waals surface area contributed by atoms with Gasteiger partial charge in [0.2, 0.25) is 5.91 Å².